The van der Waals surface area contributed by atoms with Gasteiger partial charge in [0.2, 0.25) is 0 Å². The molecule has 24 heavy (non-hydrogen) atoms. The van der Waals surface area contributed by atoms with Gasteiger partial charge in [0.1, 0.15) is 11.3 Å². The summed E-state index contributed by atoms with van der Waals surface area (Å²) in [6.07, 6.45) is -2.17. The minimum atomic E-state index is -4.61. The lowest BCUT2D eigenvalue weighted by molar-refractivity contribution is -0.137. The number of aliphatic hydroxyl groups is 1. The number of nitriles is 1. The highest BCUT2D eigenvalue weighted by Gasteiger charge is 2.39. The molecule has 9 heteroatoms. The fraction of sp³-hybridized carbons (Fsp3) is 0.400. The van der Waals surface area contributed by atoms with Gasteiger partial charge in [0.05, 0.1) is 29.9 Å². The summed E-state index contributed by atoms with van der Waals surface area (Å²) in [5.41, 5.74) is -2.01. The first kappa shape index (κ1) is 16.3. The summed E-state index contributed by atoms with van der Waals surface area (Å²) < 4.78 is 39.3. The molecule has 3 rings (SSSR count). The van der Waals surface area contributed by atoms with Gasteiger partial charge in [-0.15, -0.1) is 0 Å². The van der Waals surface area contributed by atoms with Crippen LogP contribution in [0.3, 0.4) is 0 Å². The predicted molar refractivity (Wildman–Crippen MR) is 77.9 cm³/mol. The number of aromatic nitrogens is 3. The Morgan fingerprint density at radius 1 is 1.38 bits per heavy atom. The van der Waals surface area contributed by atoms with E-state index in [1.807, 2.05) is 0 Å². The Morgan fingerprint density at radius 2 is 2.17 bits per heavy atom. The van der Waals surface area contributed by atoms with E-state index in [9.17, 15) is 18.3 Å². The molecule has 1 fully saturated rings. The quantitative estimate of drug-likeness (QED) is 0.877. The van der Waals surface area contributed by atoms with Gasteiger partial charge in [-0.1, -0.05) is 0 Å². The monoisotopic (exact) mass is 337 g/mol. The minimum absolute atomic E-state index is 0.0999. The third kappa shape index (κ3) is 2.92. The number of rotatable bonds is 2. The number of aromatic amines is 1. The zero-order chi connectivity index (χ0) is 17.4. The van der Waals surface area contributed by atoms with Crippen molar-refractivity contribution in [1.29, 1.82) is 5.26 Å². The van der Waals surface area contributed by atoms with E-state index >= 15 is 0 Å². The van der Waals surface area contributed by atoms with Gasteiger partial charge in [-0.25, -0.2) is 0 Å². The second-order valence-electron chi connectivity index (χ2n) is 5.75. The fourth-order valence-electron chi connectivity index (χ4n) is 2.95. The molecule has 1 saturated heterocycles. The standard InChI is InChI=1S/C15H14F3N5O/c16-15(17,18)12-6-11(3-2-10(12)7-19)23-5-1-4-14(24,9-23)13-8-20-22-21-13/h2-3,6,8,24H,1,4-5,9H2,(H,20,21,22)/t14-/m1/s1. The molecule has 0 bridgehead atoms. The summed E-state index contributed by atoms with van der Waals surface area (Å²) in [6.45, 7) is 0.603. The Bertz CT molecular complexity index is 768. The van der Waals surface area contributed by atoms with Gasteiger partial charge in [0, 0.05) is 12.2 Å². The third-order valence-corrected chi connectivity index (χ3v) is 4.16. The molecule has 1 aliphatic rings. The molecule has 1 atom stereocenters. The minimum Gasteiger partial charge on any atom is -0.382 e. The first-order valence-electron chi connectivity index (χ1n) is 7.28. The molecule has 1 aromatic heterocycles. The SMILES string of the molecule is N#Cc1ccc(N2CCC[C@](O)(c3cn[nH]n3)C2)cc1C(F)(F)F. The summed E-state index contributed by atoms with van der Waals surface area (Å²) in [4.78, 5) is 1.66. The average molecular weight is 337 g/mol. The molecule has 1 aliphatic heterocycles. The van der Waals surface area contributed by atoms with Crippen LogP contribution in [0.15, 0.2) is 24.4 Å². The molecule has 0 unspecified atom stereocenters. The van der Waals surface area contributed by atoms with Gasteiger partial charge in [-0.3, -0.25) is 0 Å². The number of hydrogen-bond donors (Lipinski definition) is 2. The van der Waals surface area contributed by atoms with E-state index < -0.39 is 22.9 Å². The van der Waals surface area contributed by atoms with E-state index in [1.54, 1.807) is 11.0 Å². The van der Waals surface area contributed by atoms with Crippen LogP contribution in [-0.2, 0) is 11.8 Å². The van der Waals surface area contributed by atoms with Gasteiger partial charge in [0.15, 0.2) is 0 Å². The van der Waals surface area contributed by atoms with Gasteiger partial charge in [-0.2, -0.15) is 33.8 Å². The van der Waals surface area contributed by atoms with E-state index in [4.69, 9.17) is 5.26 Å². The number of nitrogens with zero attached hydrogens (tertiary/aromatic N) is 4. The number of benzene rings is 1. The topological polar surface area (TPSA) is 88.8 Å². The van der Waals surface area contributed by atoms with Crippen molar-refractivity contribution >= 4 is 5.69 Å². The Labute approximate surface area is 135 Å². The van der Waals surface area contributed by atoms with E-state index in [0.29, 0.717) is 30.8 Å². The molecule has 6 nitrogen and oxygen atoms in total. The smallest absolute Gasteiger partial charge is 0.382 e. The van der Waals surface area contributed by atoms with Crippen molar-refractivity contribution < 1.29 is 18.3 Å². The molecule has 2 aromatic rings. The lowest BCUT2D eigenvalue weighted by atomic mass is 9.89. The second kappa shape index (κ2) is 5.79. The highest BCUT2D eigenvalue weighted by molar-refractivity contribution is 5.55. The molecule has 0 amide bonds. The number of alkyl halides is 3. The molecular formula is C15H14F3N5O. The predicted octanol–water partition coefficient (Wildman–Crippen LogP) is 2.18. The number of β-amino-alcohol motifs (C(OH)–C–C–N with tert-alkyl or cyclic N) is 1. The van der Waals surface area contributed by atoms with Crippen LogP contribution in [0.1, 0.15) is 29.7 Å². The molecule has 0 spiro atoms. The van der Waals surface area contributed by atoms with E-state index in [0.717, 1.165) is 12.1 Å². The third-order valence-electron chi connectivity index (χ3n) is 4.16. The van der Waals surface area contributed by atoms with Crippen LogP contribution in [0, 0.1) is 11.3 Å². The van der Waals surface area contributed by atoms with E-state index in [1.165, 1.54) is 12.3 Å². The van der Waals surface area contributed by atoms with Crippen molar-refractivity contribution in [2.45, 2.75) is 24.6 Å². The molecular weight excluding hydrogens is 323 g/mol. The van der Waals surface area contributed by atoms with Crippen molar-refractivity contribution in [2.75, 3.05) is 18.0 Å². The molecule has 2 heterocycles. The average Bonchev–Trinajstić information content (AvgIpc) is 3.09. The summed E-state index contributed by atoms with van der Waals surface area (Å²) in [5, 5.41) is 29.6. The zero-order valence-electron chi connectivity index (χ0n) is 12.5. The maximum atomic E-state index is 13.1. The molecule has 1 aromatic carbocycles. The highest BCUT2D eigenvalue weighted by Crippen LogP contribution is 2.37. The maximum Gasteiger partial charge on any atom is 0.417 e. The summed E-state index contributed by atoms with van der Waals surface area (Å²) in [5.74, 6) is 0. The van der Waals surface area contributed by atoms with Gasteiger partial charge in [-0.05, 0) is 31.0 Å². The first-order valence-corrected chi connectivity index (χ1v) is 7.28. The summed E-state index contributed by atoms with van der Waals surface area (Å²) in [6, 6.07) is 5.13. The largest absolute Gasteiger partial charge is 0.417 e. The van der Waals surface area contributed by atoms with Crippen LogP contribution in [0.2, 0.25) is 0 Å². The lowest BCUT2D eigenvalue weighted by Crippen LogP contribution is -2.46. The Morgan fingerprint density at radius 3 is 2.79 bits per heavy atom. The molecule has 0 radical (unpaired) electrons. The molecule has 2 N–H and O–H groups in total. The van der Waals surface area contributed by atoms with Crippen LogP contribution in [0.4, 0.5) is 18.9 Å². The number of piperidine rings is 1. The van der Waals surface area contributed by atoms with Crippen LogP contribution >= 0.6 is 0 Å². The Kier molecular flexibility index (Phi) is 3.93. The van der Waals surface area contributed by atoms with Crippen molar-refractivity contribution in [3.63, 3.8) is 0 Å². The maximum absolute atomic E-state index is 13.1. The number of anilines is 1. The Balaban J connectivity index is 1.93. The number of H-pyrrole nitrogens is 1. The zero-order valence-corrected chi connectivity index (χ0v) is 12.5. The van der Waals surface area contributed by atoms with Gasteiger partial charge < -0.3 is 10.0 Å². The van der Waals surface area contributed by atoms with E-state index in [2.05, 4.69) is 15.4 Å². The number of halogens is 3. The first-order chi connectivity index (χ1) is 11.3. The second-order valence-corrected chi connectivity index (χ2v) is 5.75. The lowest BCUT2D eigenvalue weighted by Gasteiger charge is -2.39. The highest BCUT2D eigenvalue weighted by atomic mass is 19.4. The Hall–Kier alpha value is -2.60. The van der Waals surface area contributed by atoms with Crippen LogP contribution in [0.25, 0.3) is 0 Å². The van der Waals surface area contributed by atoms with E-state index in [-0.39, 0.29) is 6.54 Å². The van der Waals surface area contributed by atoms with Gasteiger partial charge >= 0.3 is 6.18 Å². The van der Waals surface area contributed by atoms with Gasteiger partial charge in [0.25, 0.3) is 0 Å². The number of hydrogen-bond acceptors (Lipinski definition) is 5. The normalized spacial score (nSPS) is 21.5. The van der Waals surface area contributed by atoms with Crippen molar-refractivity contribution in [1.82, 2.24) is 15.4 Å². The summed E-state index contributed by atoms with van der Waals surface area (Å²) >= 11 is 0. The fourth-order valence-corrected chi connectivity index (χ4v) is 2.95. The van der Waals surface area contributed by atoms with Crippen molar-refractivity contribution in [3.05, 3.63) is 41.2 Å². The van der Waals surface area contributed by atoms with Crippen LogP contribution in [-0.4, -0.2) is 33.6 Å². The molecule has 0 aliphatic carbocycles. The van der Waals surface area contributed by atoms with Crippen LogP contribution in [0.5, 0.6) is 0 Å². The van der Waals surface area contributed by atoms with Crippen molar-refractivity contribution in [2.24, 2.45) is 0 Å². The molecule has 0 saturated carbocycles. The summed E-state index contributed by atoms with van der Waals surface area (Å²) in [7, 11) is 0. The van der Waals surface area contributed by atoms with Crippen LogP contribution < -0.4 is 4.90 Å². The van der Waals surface area contributed by atoms with Crippen molar-refractivity contribution in [3.8, 4) is 6.07 Å². The molecule has 126 valence electrons. The number of nitrogens with one attached hydrogen (secondary N) is 1.